The SMILES string of the molecule is Cc1cn([C@]2(C)O[C@H](COCc3ccccc3)[C@H]3OC(C)(C)O[C@H]32)c(=O)[nH]c1=O. The molecule has 2 aliphatic rings. The highest BCUT2D eigenvalue weighted by Crippen LogP contribution is 2.46. The number of aryl methyl sites for hydroxylation is 1. The average Bonchev–Trinajstić information content (AvgIpc) is 3.12. The normalized spacial score (nSPS) is 30.4. The number of ether oxygens (including phenoxy) is 4. The number of aromatic nitrogens is 2. The van der Waals surface area contributed by atoms with Crippen LogP contribution in [0.2, 0.25) is 0 Å². The van der Waals surface area contributed by atoms with E-state index in [1.54, 1.807) is 13.8 Å². The lowest BCUT2D eigenvalue weighted by Crippen LogP contribution is -2.50. The molecular formula is C21H26N2O6. The first-order chi connectivity index (χ1) is 13.7. The molecule has 0 saturated carbocycles. The minimum Gasteiger partial charge on any atom is -0.374 e. The molecule has 3 heterocycles. The predicted octanol–water partition coefficient (Wildman–Crippen LogP) is 1.65. The summed E-state index contributed by atoms with van der Waals surface area (Å²) in [5.41, 5.74) is -0.656. The van der Waals surface area contributed by atoms with Gasteiger partial charge in [0.2, 0.25) is 0 Å². The zero-order chi connectivity index (χ0) is 20.8. The van der Waals surface area contributed by atoms with Crippen molar-refractivity contribution in [2.24, 2.45) is 0 Å². The van der Waals surface area contributed by atoms with Gasteiger partial charge in [-0.25, -0.2) is 4.79 Å². The van der Waals surface area contributed by atoms with E-state index in [1.807, 2.05) is 44.2 Å². The Kier molecular flexibility index (Phi) is 4.98. The Morgan fingerprint density at radius 1 is 1.10 bits per heavy atom. The van der Waals surface area contributed by atoms with Gasteiger partial charge in [-0.3, -0.25) is 14.3 Å². The van der Waals surface area contributed by atoms with Gasteiger partial charge in [0.25, 0.3) is 5.56 Å². The van der Waals surface area contributed by atoms with Gasteiger partial charge in [0.1, 0.15) is 18.3 Å². The molecule has 1 aromatic heterocycles. The molecule has 1 aromatic carbocycles. The van der Waals surface area contributed by atoms with E-state index in [4.69, 9.17) is 18.9 Å². The van der Waals surface area contributed by atoms with Crippen LogP contribution in [0.1, 0.15) is 31.9 Å². The number of nitrogens with zero attached hydrogens (tertiary/aromatic N) is 1. The molecule has 4 atom stereocenters. The summed E-state index contributed by atoms with van der Waals surface area (Å²) in [6.45, 7) is 7.79. The van der Waals surface area contributed by atoms with Crippen LogP contribution in [0.5, 0.6) is 0 Å². The first-order valence-corrected chi connectivity index (χ1v) is 9.68. The fraction of sp³-hybridized carbons (Fsp3) is 0.524. The van der Waals surface area contributed by atoms with E-state index in [9.17, 15) is 9.59 Å². The van der Waals surface area contributed by atoms with Crippen molar-refractivity contribution in [3.05, 3.63) is 68.5 Å². The molecule has 2 aliphatic heterocycles. The Hall–Kier alpha value is -2.26. The Morgan fingerprint density at radius 3 is 2.55 bits per heavy atom. The van der Waals surface area contributed by atoms with Crippen LogP contribution >= 0.6 is 0 Å². The van der Waals surface area contributed by atoms with Crippen LogP contribution in [-0.2, 0) is 31.3 Å². The Labute approximate surface area is 168 Å². The summed E-state index contributed by atoms with van der Waals surface area (Å²) < 4.78 is 25.7. The van der Waals surface area contributed by atoms with Crippen LogP contribution in [0.4, 0.5) is 0 Å². The highest BCUT2D eigenvalue weighted by Gasteiger charge is 2.62. The van der Waals surface area contributed by atoms with Crippen LogP contribution in [0, 0.1) is 6.92 Å². The molecule has 0 unspecified atom stereocenters. The van der Waals surface area contributed by atoms with Gasteiger partial charge < -0.3 is 18.9 Å². The molecule has 156 valence electrons. The summed E-state index contributed by atoms with van der Waals surface area (Å²) in [5, 5.41) is 0. The predicted molar refractivity (Wildman–Crippen MR) is 105 cm³/mol. The number of hydrogen-bond acceptors (Lipinski definition) is 6. The molecule has 2 aromatic rings. The molecule has 0 amide bonds. The molecule has 0 aliphatic carbocycles. The Balaban J connectivity index is 1.60. The standard InChI is InChI=1S/C21H26N2O6/c1-13-10-23(19(25)22-18(13)24)21(4)17-16(28-20(2,3)29-17)15(27-21)12-26-11-14-8-6-5-7-9-14/h5-10,15-17H,11-12H2,1-4H3,(H,22,24,25)/t15-,16-,17-,21-/m1/s1. The van der Waals surface area contributed by atoms with Crippen LogP contribution in [-0.4, -0.2) is 40.3 Å². The number of nitrogens with one attached hydrogen (secondary N) is 1. The van der Waals surface area contributed by atoms with Gasteiger partial charge in [0, 0.05) is 11.8 Å². The molecule has 0 bridgehead atoms. The largest absolute Gasteiger partial charge is 0.374 e. The van der Waals surface area contributed by atoms with Gasteiger partial charge in [-0.05, 0) is 33.3 Å². The average molecular weight is 402 g/mol. The first kappa shape index (κ1) is 20.0. The summed E-state index contributed by atoms with van der Waals surface area (Å²) in [4.78, 5) is 26.7. The van der Waals surface area contributed by atoms with Crippen LogP contribution in [0.25, 0.3) is 0 Å². The molecule has 8 heteroatoms. The van der Waals surface area contributed by atoms with Crippen molar-refractivity contribution in [2.75, 3.05) is 6.61 Å². The van der Waals surface area contributed by atoms with Gasteiger partial charge in [-0.2, -0.15) is 0 Å². The van der Waals surface area contributed by atoms with Crippen LogP contribution < -0.4 is 11.2 Å². The minimum absolute atomic E-state index is 0.280. The van der Waals surface area contributed by atoms with Gasteiger partial charge >= 0.3 is 5.69 Å². The van der Waals surface area contributed by atoms with Gasteiger partial charge in [0.15, 0.2) is 11.5 Å². The van der Waals surface area contributed by atoms with E-state index in [2.05, 4.69) is 4.98 Å². The van der Waals surface area contributed by atoms with Gasteiger partial charge in [0.05, 0.1) is 13.2 Å². The topological polar surface area (TPSA) is 91.8 Å². The number of H-pyrrole nitrogens is 1. The maximum absolute atomic E-state index is 12.5. The molecule has 8 nitrogen and oxygen atoms in total. The maximum atomic E-state index is 12.5. The summed E-state index contributed by atoms with van der Waals surface area (Å²) in [7, 11) is 0. The van der Waals surface area contributed by atoms with E-state index in [1.165, 1.54) is 10.8 Å². The lowest BCUT2D eigenvalue weighted by atomic mass is 10.0. The molecule has 1 N–H and O–H groups in total. The number of aromatic amines is 1. The number of benzene rings is 1. The van der Waals surface area contributed by atoms with Crippen molar-refractivity contribution in [2.45, 2.75) is 64.1 Å². The zero-order valence-corrected chi connectivity index (χ0v) is 17.0. The maximum Gasteiger partial charge on any atom is 0.330 e. The third-order valence-corrected chi connectivity index (χ3v) is 5.41. The first-order valence-electron chi connectivity index (χ1n) is 9.68. The Bertz CT molecular complexity index is 998. The number of fused-ring (bicyclic) bond motifs is 1. The third kappa shape index (κ3) is 3.69. The van der Waals surface area contributed by atoms with Crippen LogP contribution in [0.15, 0.2) is 46.1 Å². The Morgan fingerprint density at radius 2 is 1.83 bits per heavy atom. The summed E-state index contributed by atoms with van der Waals surface area (Å²) in [6, 6.07) is 9.85. The van der Waals surface area contributed by atoms with Crippen molar-refractivity contribution in [3.8, 4) is 0 Å². The minimum atomic E-state index is -1.15. The zero-order valence-electron chi connectivity index (χ0n) is 17.0. The molecule has 29 heavy (non-hydrogen) atoms. The summed E-state index contributed by atoms with van der Waals surface area (Å²) in [5.74, 6) is -0.821. The number of hydrogen-bond donors (Lipinski definition) is 1. The van der Waals surface area contributed by atoms with Gasteiger partial charge in [-0.15, -0.1) is 0 Å². The second kappa shape index (κ2) is 7.21. The van der Waals surface area contributed by atoms with Crippen LogP contribution in [0.3, 0.4) is 0 Å². The molecule has 0 radical (unpaired) electrons. The summed E-state index contributed by atoms with van der Waals surface area (Å²) >= 11 is 0. The quantitative estimate of drug-likeness (QED) is 0.818. The fourth-order valence-corrected chi connectivity index (χ4v) is 4.00. The summed E-state index contributed by atoms with van der Waals surface area (Å²) in [6.07, 6.45) is 0.116. The highest BCUT2D eigenvalue weighted by molar-refractivity contribution is 5.13. The number of rotatable bonds is 5. The second-order valence-electron chi connectivity index (χ2n) is 8.17. The van der Waals surface area contributed by atoms with E-state index in [0.29, 0.717) is 12.2 Å². The van der Waals surface area contributed by atoms with E-state index in [-0.39, 0.29) is 6.61 Å². The van der Waals surface area contributed by atoms with Gasteiger partial charge in [-0.1, -0.05) is 30.3 Å². The smallest absolute Gasteiger partial charge is 0.330 e. The molecule has 2 fully saturated rings. The van der Waals surface area contributed by atoms with E-state index in [0.717, 1.165) is 5.56 Å². The van der Waals surface area contributed by atoms with Crippen molar-refractivity contribution in [3.63, 3.8) is 0 Å². The molecule has 0 spiro atoms. The van der Waals surface area contributed by atoms with Crippen molar-refractivity contribution < 1.29 is 18.9 Å². The third-order valence-electron chi connectivity index (χ3n) is 5.41. The monoisotopic (exact) mass is 402 g/mol. The van der Waals surface area contributed by atoms with Crippen molar-refractivity contribution in [1.29, 1.82) is 0 Å². The lowest BCUT2D eigenvalue weighted by Gasteiger charge is -2.33. The van der Waals surface area contributed by atoms with Crippen molar-refractivity contribution in [1.82, 2.24) is 9.55 Å². The second-order valence-corrected chi connectivity index (χ2v) is 8.17. The highest BCUT2D eigenvalue weighted by atomic mass is 16.8. The van der Waals surface area contributed by atoms with E-state index < -0.39 is 41.1 Å². The fourth-order valence-electron chi connectivity index (χ4n) is 4.00. The molecular weight excluding hydrogens is 376 g/mol. The molecule has 4 rings (SSSR count). The van der Waals surface area contributed by atoms with Crippen molar-refractivity contribution >= 4 is 0 Å². The lowest BCUT2D eigenvalue weighted by molar-refractivity contribution is -0.232. The van der Waals surface area contributed by atoms with E-state index >= 15 is 0 Å². The molecule has 2 saturated heterocycles.